The number of aryl methyl sites for hydroxylation is 1. The summed E-state index contributed by atoms with van der Waals surface area (Å²) < 4.78 is 16.0. The lowest BCUT2D eigenvalue weighted by Gasteiger charge is -2.11. The smallest absolute Gasteiger partial charge is 0.224 e. The van der Waals surface area contributed by atoms with Crippen LogP contribution in [0.1, 0.15) is 11.1 Å². The molecule has 2 rings (SSSR count). The maximum atomic E-state index is 12.0. The van der Waals surface area contributed by atoms with E-state index in [0.717, 1.165) is 16.9 Å². The molecule has 0 unspecified atom stereocenters. The maximum Gasteiger partial charge on any atom is 0.224 e. The highest BCUT2D eigenvalue weighted by atomic mass is 35.5. The van der Waals surface area contributed by atoms with Gasteiger partial charge in [-0.2, -0.15) is 0 Å². The second kappa shape index (κ2) is 9.18. The molecule has 0 aliphatic heterocycles. The summed E-state index contributed by atoms with van der Waals surface area (Å²) in [7, 11) is 3.14. The molecule has 1 amide bonds. The summed E-state index contributed by atoms with van der Waals surface area (Å²) in [6.07, 6.45) is 0.264. The second-order valence-electron chi connectivity index (χ2n) is 5.48. The fourth-order valence-corrected chi connectivity index (χ4v) is 2.42. The van der Waals surface area contributed by atoms with Gasteiger partial charge in [0.1, 0.15) is 12.4 Å². The minimum absolute atomic E-state index is 0.0805. The molecule has 25 heavy (non-hydrogen) atoms. The molecule has 0 atom stereocenters. The molecule has 0 aliphatic rings. The minimum atomic E-state index is -0.0805. The van der Waals surface area contributed by atoms with Crippen molar-refractivity contribution >= 4 is 17.5 Å². The van der Waals surface area contributed by atoms with E-state index in [4.69, 9.17) is 25.8 Å². The Kier molecular flexibility index (Phi) is 6.95. The number of benzene rings is 2. The molecular weight excluding hydrogens is 342 g/mol. The Balaban J connectivity index is 1.78. The van der Waals surface area contributed by atoms with Gasteiger partial charge in [-0.1, -0.05) is 17.7 Å². The van der Waals surface area contributed by atoms with Crippen LogP contribution in [0.4, 0.5) is 0 Å². The number of hydrogen-bond donors (Lipinski definition) is 1. The SMILES string of the molecule is COc1ccc(CC(=O)NCCOc2ccc(Cl)c(C)c2)cc1OC. The number of halogens is 1. The van der Waals surface area contributed by atoms with E-state index in [0.29, 0.717) is 29.7 Å². The van der Waals surface area contributed by atoms with Crippen LogP contribution in [0, 0.1) is 6.92 Å². The molecule has 1 N–H and O–H groups in total. The number of rotatable bonds is 8. The van der Waals surface area contributed by atoms with Crippen molar-refractivity contribution in [3.63, 3.8) is 0 Å². The summed E-state index contributed by atoms with van der Waals surface area (Å²) in [6, 6.07) is 10.9. The first-order valence-electron chi connectivity index (χ1n) is 7.90. The highest BCUT2D eigenvalue weighted by Crippen LogP contribution is 2.27. The Bertz CT molecular complexity index is 733. The lowest BCUT2D eigenvalue weighted by Crippen LogP contribution is -2.29. The predicted molar refractivity (Wildman–Crippen MR) is 97.9 cm³/mol. The fraction of sp³-hybridized carbons (Fsp3) is 0.316. The largest absolute Gasteiger partial charge is 0.493 e. The van der Waals surface area contributed by atoms with Crippen molar-refractivity contribution in [1.82, 2.24) is 5.32 Å². The molecule has 0 fully saturated rings. The van der Waals surface area contributed by atoms with Crippen LogP contribution in [0.3, 0.4) is 0 Å². The van der Waals surface area contributed by atoms with E-state index in [2.05, 4.69) is 5.32 Å². The van der Waals surface area contributed by atoms with Crippen LogP contribution in [0.15, 0.2) is 36.4 Å². The molecule has 6 heteroatoms. The van der Waals surface area contributed by atoms with Crippen LogP contribution < -0.4 is 19.5 Å². The number of methoxy groups -OCH3 is 2. The van der Waals surface area contributed by atoms with Crippen LogP contribution in [0.25, 0.3) is 0 Å². The lowest BCUT2D eigenvalue weighted by atomic mass is 10.1. The zero-order valence-electron chi connectivity index (χ0n) is 14.6. The number of carbonyl (C=O) groups excluding carboxylic acids is 1. The minimum Gasteiger partial charge on any atom is -0.493 e. The Morgan fingerprint density at radius 2 is 1.84 bits per heavy atom. The molecule has 0 radical (unpaired) electrons. The monoisotopic (exact) mass is 363 g/mol. The van der Waals surface area contributed by atoms with Gasteiger partial charge in [0.25, 0.3) is 0 Å². The second-order valence-corrected chi connectivity index (χ2v) is 5.88. The van der Waals surface area contributed by atoms with E-state index in [-0.39, 0.29) is 12.3 Å². The van der Waals surface area contributed by atoms with Crippen molar-refractivity contribution in [2.24, 2.45) is 0 Å². The summed E-state index contributed by atoms with van der Waals surface area (Å²) in [4.78, 5) is 12.0. The number of amides is 1. The first-order valence-corrected chi connectivity index (χ1v) is 8.28. The molecule has 5 nitrogen and oxygen atoms in total. The average Bonchev–Trinajstić information content (AvgIpc) is 2.61. The highest BCUT2D eigenvalue weighted by molar-refractivity contribution is 6.31. The lowest BCUT2D eigenvalue weighted by molar-refractivity contribution is -0.120. The van der Waals surface area contributed by atoms with Crippen molar-refractivity contribution in [3.8, 4) is 17.2 Å². The van der Waals surface area contributed by atoms with Gasteiger partial charge in [0.15, 0.2) is 11.5 Å². The normalized spacial score (nSPS) is 10.2. The van der Waals surface area contributed by atoms with Crippen molar-refractivity contribution in [2.45, 2.75) is 13.3 Å². The zero-order chi connectivity index (χ0) is 18.2. The number of nitrogens with one attached hydrogen (secondary N) is 1. The van der Waals surface area contributed by atoms with E-state index in [1.807, 2.05) is 19.1 Å². The van der Waals surface area contributed by atoms with Crippen LogP contribution in [0.5, 0.6) is 17.2 Å². The van der Waals surface area contributed by atoms with Crippen molar-refractivity contribution in [1.29, 1.82) is 0 Å². The third-order valence-corrected chi connectivity index (χ3v) is 4.06. The van der Waals surface area contributed by atoms with Crippen LogP contribution >= 0.6 is 11.6 Å². The number of carbonyl (C=O) groups is 1. The quantitative estimate of drug-likeness (QED) is 0.730. The van der Waals surface area contributed by atoms with Crippen LogP contribution in [-0.4, -0.2) is 33.3 Å². The topological polar surface area (TPSA) is 56.8 Å². The van der Waals surface area contributed by atoms with Gasteiger partial charge >= 0.3 is 0 Å². The summed E-state index contributed by atoms with van der Waals surface area (Å²) in [5.41, 5.74) is 1.81. The molecule has 0 saturated carbocycles. The van der Waals surface area contributed by atoms with E-state index in [9.17, 15) is 4.79 Å². The van der Waals surface area contributed by atoms with E-state index < -0.39 is 0 Å². The molecule has 0 saturated heterocycles. The highest BCUT2D eigenvalue weighted by Gasteiger charge is 2.08. The van der Waals surface area contributed by atoms with Gasteiger partial charge in [-0.3, -0.25) is 4.79 Å². The molecule has 2 aromatic rings. The Morgan fingerprint density at radius 3 is 2.52 bits per heavy atom. The van der Waals surface area contributed by atoms with Gasteiger partial charge in [0.05, 0.1) is 27.2 Å². The molecule has 0 bridgehead atoms. The van der Waals surface area contributed by atoms with Crippen molar-refractivity contribution in [2.75, 3.05) is 27.4 Å². The fourth-order valence-electron chi connectivity index (χ4n) is 2.30. The predicted octanol–water partition coefficient (Wildman–Crippen LogP) is 3.40. The summed E-state index contributed by atoms with van der Waals surface area (Å²) in [5.74, 6) is 1.90. The third-order valence-electron chi connectivity index (χ3n) is 3.64. The van der Waals surface area contributed by atoms with E-state index in [1.165, 1.54) is 0 Å². The van der Waals surface area contributed by atoms with Crippen molar-refractivity contribution in [3.05, 3.63) is 52.5 Å². The van der Waals surface area contributed by atoms with Gasteiger partial charge < -0.3 is 19.5 Å². The Hall–Kier alpha value is -2.40. The van der Waals surface area contributed by atoms with Gasteiger partial charge in [0.2, 0.25) is 5.91 Å². The molecule has 0 heterocycles. The number of hydrogen-bond acceptors (Lipinski definition) is 4. The molecule has 0 aliphatic carbocycles. The molecule has 0 spiro atoms. The molecule has 134 valence electrons. The standard InChI is InChI=1S/C19H22ClNO4/c1-13-10-15(5-6-16(13)20)25-9-8-21-19(22)12-14-4-7-17(23-2)18(11-14)24-3/h4-7,10-11H,8-9,12H2,1-3H3,(H,21,22). The van der Waals surface area contributed by atoms with Gasteiger partial charge in [-0.05, 0) is 48.4 Å². The summed E-state index contributed by atoms with van der Waals surface area (Å²) in [5, 5.41) is 3.54. The zero-order valence-corrected chi connectivity index (χ0v) is 15.4. The Labute approximate surface area is 152 Å². The van der Waals surface area contributed by atoms with Gasteiger partial charge in [-0.15, -0.1) is 0 Å². The summed E-state index contributed by atoms with van der Waals surface area (Å²) in [6.45, 7) is 2.73. The first-order chi connectivity index (χ1) is 12.0. The van der Waals surface area contributed by atoms with Gasteiger partial charge in [-0.25, -0.2) is 0 Å². The summed E-state index contributed by atoms with van der Waals surface area (Å²) >= 11 is 5.97. The van der Waals surface area contributed by atoms with E-state index in [1.54, 1.807) is 38.5 Å². The maximum absolute atomic E-state index is 12.0. The van der Waals surface area contributed by atoms with Crippen LogP contribution in [0.2, 0.25) is 5.02 Å². The van der Waals surface area contributed by atoms with E-state index >= 15 is 0 Å². The third kappa shape index (κ3) is 5.57. The van der Waals surface area contributed by atoms with Crippen LogP contribution in [-0.2, 0) is 11.2 Å². The molecule has 2 aromatic carbocycles. The average molecular weight is 364 g/mol. The molecule has 0 aromatic heterocycles. The van der Waals surface area contributed by atoms with Crippen molar-refractivity contribution < 1.29 is 19.0 Å². The van der Waals surface area contributed by atoms with Gasteiger partial charge in [0, 0.05) is 5.02 Å². The first kappa shape index (κ1) is 18.9. The number of ether oxygens (including phenoxy) is 3. The Morgan fingerprint density at radius 1 is 1.08 bits per heavy atom. The molecular formula is C19H22ClNO4.